The quantitative estimate of drug-likeness (QED) is 0.783. The molecule has 0 radical (unpaired) electrons. The van der Waals surface area contributed by atoms with Gasteiger partial charge in [-0.05, 0) is 6.92 Å². The highest BCUT2D eigenvalue weighted by molar-refractivity contribution is 7.09. The Balaban J connectivity index is 2.02. The summed E-state index contributed by atoms with van der Waals surface area (Å²) in [5.74, 6) is 0. The van der Waals surface area contributed by atoms with Gasteiger partial charge in [-0.1, -0.05) is 11.3 Å². The highest BCUT2D eigenvalue weighted by atomic mass is 32.1. The van der Waals surface area contributed by atoms with Gasteiger partial charge in [-0.2, -0.15) is 0 Å². The standard InChI is InChI=1S/C9H14N2O2S/c1-7-8(14-9(12)10-7)6-11-2-4-13-5-3-11/h2-6H2,1H3,(H,10,12). The average molecular weight is 214 g/mol. The van der Waals surface area contributed by atoms with Gasteiger partial charge in [0, 0.05) is 30.2 Å². The van der Waals surface area contributed by atoms with E-state index in [-0.39, 0.29) is 4.87 Å². The van der Waals surface area contributed by atoms with Crippen LogP contribution < -0.4 is 4.87 Å². The van der Waals surface area contributed by atoms with Crippen LogP contribution in [-0.2, 0) is 11.3 Å². The Morgan fingerprint density at radius 2 is 2.21 bits per heavy atom. The maximum absolute atomic E-state index is 11.1. The summed E-state index contributed by atoms with van der Waals surface area (Å²) < 4.78 is 5.27. The number of morpholine rings is 1. The fourth-order valence-electron chi connectivity index (χ4n) is 1.55. The van der Waals surface area contributed by atoms with Crippen LogP contribution in [0.5, 0.6) is 0 Å². The van der Waals surface area contributed by atoms with E-state index in [1.807, 2.05) is 6.92 Å². The molecule has 1 aliphatic rings. The third kappa shape index (κ3) is 2.23. The Labute approximate surface area is 86.5 Å². The Kier molecular flexibility index (Phi) is 3.00. The van der Waals surface area contributed by atoms with E-state index >= 15 is 0 Å². The zero-order valence-corrected chi connectivity index (χ0v) is 9.02. The molecule has 1 fully saturated rings. The number of thiazole rings is 1. The van der Waals surface area contributed by atoms with Crippen molar-refractivity contribution in [2.24, 2.45) is 0 Å². The van der Waals surface area contributed by atoms with Crippen molar-refractivity contribution in [2.75, 3.05) is 26.3 Å². The number of nitrogens with zero attached hydrogens (tertiary/aromatic N) is 1. The zero-order chi connectivity index (χ0) is 9.97. The molecule has 1 aromatic heterocycles. The monoisotopic (exact) mass is 214 g/mol. The van der Waals surface area contributed by atoms with E-state index in [1.54, 1.807) is 0 Å². The summed E-state index contributed by atoms with van der Waals surface area (Å²) in [5.41, 5.74) is 1.01. The fraction of sp³-hybridized carbons (Fsp3) is 0.667. The number of aromatic nitrogens is 1. The molecule has 2 heterocycles. The molecule has 0 aliphatic carbocycles. The number of rotatable bonds is 2. The molecule has 0 amide bonds. The molecule has 1 N–H and O–H groups in total. The average Bonchev–Trinajstić information content (AvgIpc) is 2.47. The Bertz CT molecular complexity index is 352. The largest absolute Gasteiger partial charge is 0.379 e. The molecule has 0 saturated carbocycles. The molecular weight excluding hydrogens is 200 g/mol. The molecule has 0 bridgehead atoms. The lowest BCUT2D eigenvalue weighted by molar-refractivity contribution is 0.0345. The molecule has 4 nitrogen and oxygen atoms in total. The van der Waals surface area contributed by atoms with E-state index in [4.69, 9.17) is 4.74 Å². The highest BCUT2D eigenvalue weighted by Gasteiger charge is 2.13. The Morgan fingerprint density at radius 3 is 2.79 bits per heavy atom. The number of nitrogens with one attached hydrogen (secondary N) is 1. The molecule has 0 unspecified atom stereocenters. The summed E-state index contributed by atoms with van der Waals surface area (Å²) in [6, 6.07) is 0. The molecule has 0 spiro atoms. The minimum absolute atomic E-state index is 0.0470. The first-order chi connectivity index (χ1) is 6.75. The van der Waals surface area contributed by atoms with Gasteiger partial charge in [0.15, 0.2) is 0 Å². The summed E-state index contributed by atoms with van der Waals surface area (Å²) in [4.78, 5) is 17.4. The lowest BCUT2D eigenvalue weighted by Crippen LogP contribution is -2.35. The van der Waals surface area contributed by atoms with Crippen molar-refractivity contribution in [2.45, 2.75) is 13.5 Å². The minimum Gasteiger partial charge on any atom is -0.379 e. The maximum Gasteiger partial charge on any atom is 0.304 e. The molecule has 5 heteroatoms. The maximum atomic E-state index is 11.1. The number of ether oxygens (including phenoxy) is 1. The summed E-state index contributed by atoms with van der Waals surface area (Å²) in [7, 11) is 0. The first-order valence-electron chi connectivity index (χ1n) is 4.74. The van der Waals surface area contributed by atoms with Gasteiger partial charge < -0.3 is 9.72 Å². The second-order valence-electron chi connectivity index (χ2n) is 3.45. The molecule has 2 rings (SSSR count). The second kappa shape index (κ2) is 4.25. The van der Waals surface area contributed by atoms with Crippen LogP contribution in [0.15, 0.2) is 4.79 Å². The van der Waals surface area contributed by atoms with E-state index in [0.717, 1.165) is 43.4 Å². The van der Waals surface area contributed by atoms with E-state index in [1.165, 1.54) is 11.3 Å². The lowest BCUT2D eigenvalue weighted by Gasteiger charge is -2.25. The minimum atomic E-state index is 0.0470. The smallest absolute Gasteiger partial charge is 0.304 e. The van der Waals surface area contributed by atoms with Crippen LogP contribution in [-0.4, -0.2) is 36.2 Å². The predicted molar refractivity (Wildman–Crippen MR) is 55.8 cm³/mol. The summed E-state index contributed by atoms with van der Waals surface area (Å²) in [6.07, 6.45) is 0. The zero-order valence-electron chi connectivity index (χ0n) is 8.21. The van der Waals surface area contributed by atoms with Gasteiger partial charge in [0.1, 0.15) is 0 Å². The van der Waals surface area contributed by atoms with Crippen LogP contribution in [0.25, 0.3) is 0 Å². The predicted octanol–water partition coefficient (Wildman–Crippen LogP) is 0.577. The number of H-pyrrole nitrogens is 1. The summed E-state index contributed by atoms with van der Waals surface area (Å²) in [6.45, 7) is 6.36. The van der Waals surface area contributed by atoms with Crippen LogP contribution in [0.2, 0.25) is 0 Å². The van der Waals surface area contributed by atoms with Crippen molar-refractivity contribution < 1.29 is 4.74 Å². The molecule has 0 atom stereocenters. The van der Waals surface area contributed by atoms with Gasteiger partial charge in [-0.3, -0.25) is 9.69 Å². The second-order valence-corrected chi connectivity index (χ2v) is 4.52. The van der Waals surface area contributed by atoms with Gasteiger partial charge in [-0.15, -0.1) is 0 Å². The molecule has 78 valence electrons. The lowest BCUT2D eigenvalue weighted by atomic mass is 10.3. The van der Waals surface area contributed by atoms with Gasteiger partial charge in [0.05, 0.1) is 13.2 Å². The molecular formula is C9H14N2O2S. The van der Waals surface area contributed by atoms with E-state index in [2.05, 4.69) is 9.88 Å². The third-order valence-corrected chi connectivity index (χ3v) is 3.36. The molecule has 1 aliphatic heterocycles. The molecule has 1 aromatic rings. The van der Waals surface area contributed by atoms with Crippen molar-refractivity contribution in [1.29, 1.82) is 0 Å². The fourth-order valence-corrected chi connectivity index (χ4v) is 2.43. The molecule has 14 heavy (non-hydrogen) atoms. The van der Waals surface area contributed by atoms with E-state index < -0.39 is 0 Å². The van der Waals surface area contributed by atoms with E-state index in [9.17, 15) is 4.79 Å². The first kappa shape index (κ1) is 9.89. The third-order valence-electron chi connectivity index (χ3n) is 2.39. The van der Waals surface area contributed by atoms with Gasteiger partial charge in [0.25, 0.3) is 0 Å². The molecule has 0 aromatic carbocycles. The Morgan fingerprint density at radius 1 is 1.50 bits per heavy atom. The first-order valence-corrected chi connectivity index (χ1v) is 5.56. The van der Waals surface area contributed by atoms with Crippen LogP contribution in [0.1, 0.15) is 10.6 Å². The number of aromatic amines is 1. The van der Waals surface area contributed by atoms with Gasteiger partial charge in [-0.25, -0.2) is 0 Å². The topological polar surface area (TPSA) is 45.3 Å². The van der Waals surface area contributed by atoms with Gasteiger partial charge >= 0.3 is 4.87 Å². The number of aryl methyl sites for hydroxylation is 1. The molecule has 1 saturated heterocycles. The number of hydrogen-bond acceptors (Lipinski definition) is 4. The normalized spacial score (nSPS) is 18.6. The van der Waals surface area contributed by atoms with Crippen molar-refractivity contribution >= 4 is 11.3 Å². The highest BCUT2D eigenvalue weighted by Crippen LogP contribution is 2.12. The SMILES string of the molecule is Cc1[nH]c(=O)sc1CN1CCOCC1. The van der Waals surface area contributed by atoms with Crippen LogP contribution in [0, 0.1) is 6.92 Å². The van der Waals surface area contributed by atoms with Crippen molar-refractivity contribution in [3.8, 4) is 0 Å². The van der Waals surface area contributed by atoms with Crippen LogP contribution >= 0.6 is 11.3 Å². The van der Waals surface area contributed by atoms with Crippen LogP contribution in [0.4, 0.5) is 0 Å². The van der Waals surface area contributed by atoms with Gasteiger partial charge in [0.2, 0.25) is 0 Å². The van der Waals surface area contributed by atoms with E-state index in [0.29, 0.717) is 0 Å². The summed E-state index contributed by atoms with van der Waals surface area (Å²) in [5, 5.41) is 0. The number of hydrogen-bond donors (Lipinski definition) is 1. The summed E-state index contributed by atoms with van der Waals surface area (Å²) >= 11 is 1.31. The van der Waals surface area contributed by atoms with Crippen molar-refractivity contribution in [3.05, 3.63) is 20.2 Å². The van der Waals surface area contributed by atoms with Crippen LogP contribution in [0.3, 0.4) is 0 Å². The Hall–Kier alpha value is -0.650. The van der Waals surface area contributed by atoms with Crippen molar-refractivity contribution in [1.82, 2.24) is 9.88 Å². The van der Waals surface area contributed by atoms with Crippen molar-refractivity contribution in [3.63, 3.8) is 0 Å².